The SMILES string of the molecule is COc1cc(CNc2cccc(N3C=Nc4ccccc4C(C)C3)c2)ccc1C(=O)O. The molecule has 1 aliphatic rings. The predicted molar refractivity (Wildman–Crippen MR) is 124 cm³/mol. The van der Waals surface area contributed by atoms with E-state index in [1.54, 1.807) is 18.2 Å². The largest absolute Gasteiger partial charge is 0.496 e. The van der Waals surface area contributed by atoms with Gasteiger partial charge in [0.15, 0.2) is 0 Å². The molecule has 1 unspecified atom stereocenters. The van der Waals surface area contributed by atoms with Crippen molar-refractivity contribution in [2.45, 2.75) is 19.4 Å². The number of ether oxygens (including phenoxy) is 1. The Bertz CT molecular complexity index is 1130. The first-order valence-electron chi connectivity index (χ1n) is 10.2. The quantitative estimate of drug-likeness (QED) is 0.572. The molecule has 6 nitrogen and oxygen atoms in total. The van der Waals surface area contributed by atoms with Crippen LogP contribution < -0.4 is 15.0 Å². The molecule has 6 heteroatoms. The molecule has 1 atom stereocenters. The molecule has 3 aromatic rings. The molecule has 0 bridgehead atoms. The molecule has 0 saturated carbocycles. The minimum atomic E-state index is -1.00. The topological polar surface area (TPSA) is 74.2 Å². The third-order valence-corrected chi connectivity index (χ3v) is 5.45. The van der Waals surface area contributed by atoms with Gasteiger partial charge in [0.2, 0.25) is 0 Å². The highest BCUT2D eigenvalue weighted by atomic mass is 16.5. The Kier molecular flexibility index (Phi) is 5.89. The highest BCUT2D eigenvalue weighted by Gasteiger charge is 2.18. The van der Waals surface area contributed by atoms with Gasteiger partial charge in [-0.3, -0.25) is 0 Å². The number of hydrogen-bond acceptors (Lipinski definition) is 5. The van der Waals surface area contributed by atoms with Crippen molar-refractivity contribution in [2.24, 2.45) is 4.99 Å². The van der Waals surface area contributed by atoms with E-state index in [4.69, 9.17) is 4.74 Å². The van der Waals surface area contributed by atoms with E-state index >= 15 is 0 Å². The van der Waals surface area contributed by atoms with Crippen LogP contribution in [0.15, 0.2) is 71.7 Å². The van der Waals surface area contributed by atoms with Crippen molar-refractivity contribution in [2.75, 3.05) is 23.9 Å². The van der Waals surface area contributed by atoms with E-state index in [-0.39, 0.29) is 5.56 Å². The van der Waals surface area contributed by atoms with Gasteiger partial charge in [-0.1, -0.05) is 37.3 Å². The van der Waals surface area contributed by atoms with Crippen molar-refractivity contribution in [3.8, 4) is 5.75 Å². The molecule has 1 aliphatic heterocycles. The number of aliphatic imine (C=N–C) groups is 1. The number of carboxylic acid groups (broad SMARTS) is 1. The Hall–Kier alpha value is -3.80. The van der Waals surface area contributed by atoms with Crippen LogP contribution in [0.2, 0.25) is 0 Å². The molecule has 2 N–H and O–H groups in total. The number of nitrogens with zero attached hydrogens (tertiary/aromatic N) is 2. The highest BCUT2D eigenvalue weighted by molar-refractivity contribution is 5.91. The zero-order valence-corrected chi connectivity index (χ0v) is 17.6. The molecule has 4 rings (SSSR count). The van der Waals surface area contributed by atoms with Crippen LogP contribution in [0.25, 0.3) is 0 Å². The van der Waals surface area contributed by atoms with E-state index in [9.17, 15) is 9.90 Å². The summed E-state index contributed by atoms with van der Waals surface area (Å²) in [5.74, 6) is -0.287. The molecule has 0 radical (unpaired) electrons. The molecule has 0 saturated heterocycles. The maximum Gasteiger partial charge on any atom is 0.339 e. The third-order valence-electron chi connectivity index (χ3n) is 5.45. The number of hydrogen-bond donors (Lipinski definition) is 2. The fourth-order valence-corrected chi connectivity index (χ4v) is 3.79. The lowest BCUT2D eigenvalue weighted by Crippen LogP contribution is -2.24. The van der Waals surface area contributed by atoms with Gasteiger partial charge in [0.05, 0.1) is 19.1 Å². The minimum Gasteiger partial charge on any atom is -0.496 e. The first kappa shape index (κ1) is 20.5. The summed E-state index contributed by atoms with van der Waals surface area (Å²) in [6, 6.07) is 21.6. The van der Waals surface area contributed by atoms with Gasteiger partial charge >= 0.3 is 5.97 Å². The number of aromatic carboxylic acids is 1. The zero-order valence-electron chi connectivity index (χ0n) is 17.6. The number of methoxy groups -OCH3 is 1. The summed E-state index contributed by atoms with van der Waals surface area (Å²) in [6.07, 6.45) is 1.90. The molecule has 0 aromatic heterocycles. The van der Waals surface area contributed by atoms with Gasteiger partial charge in [0.1, 0.15) is 11.3 Å². The summed E-state index contributed by atoms with van der Waals surface area (Å²) in [5, 5.41) is 12.6. The Morgan fingerprint density at radius 2 is 2.00 bits per heavy atom. The van der Waals surface area contributed by atoms with Crippen LogP contribution in [0.1, 0.15) is 34.3 Å². The Balaban J connectivity index is 1.49. The monoisotopic (exact) mass is 415 g/mol. The summed E-state index contributed by atoms with van der Waals surface area (Å²) in [7, 11) is 1.48. The van der Waals surface area contributed by atoms with Gasteiger partial charge in [-0.2, -0.15) is 0 Å². The Morgan fingerprint density at radius 3 is 2.81 bits per heavy atom. The van der Waals surface area contributed by atoms with Gasteiger partial charge < -0.3 is 20.1 Å². The van der Waals surface area contributed by atoms with Crippen molar-refractivity contribution in [3.05, 3.63) is 83.4 Å². The average Bonchev–Trinajstić information content (AvgIpc) is 2.96. The van der Waals surface area contributed by atoms with Crippen LogP contribution in [0.4, 0.5) is 17.1 Å². The molecule has 31 heavy (non-hydrogen) atoms. The van der Waals surface area contributed by atoms with Crippen molar-refractivity contribution < 1.29 is 14.6 Å². The van der Waals surface area contributed by atoms with Crippen LogP contribution >= 0.6 is 0 Å². The van der Waals surface area contributed by atoms with Gasteiger partial charge in [0, 0.05) is 30.4 Å². The fourth-order valence-electron chi connectivity index (χ4n) is 3.79. The lowest BCUT2D eigenvalue weighted by atomic mass is 9.99. The number of carboxylic acids is 1. The number of fused-ring (bicyclic) bond motifs is 1. The van der Waals surface area contributed by atoms with Gasteiger partial charge in [-0.05, 0) is 47.5 Å². The summed E-state index contributed by atoms with van der Waals surface area (Å²) in [4.78, 5) is 18.1. The summed E-state index contributed by atoms with van der Waals surface area (Å²) in [5.41, 5.74) is 5.41. The van der Waals surface area contributed by atoms with Crippen molar-refractivity contribution in [1.82, 2.24) is 0 Å². The number of para-hydroxylation sites is 1. The van der Waals surface area contributed by atoms with Crippen LogP contribution in [-0.2, 0) is 6.54 Å². The van der Waals surface area contributed by atoms with Crippen LogP contribution in [0, 0.1) is 0 Å². The van der Waals surface area contributed by atoms with Gasteiger partial charge in [-0.15, -0.1) is 0 Å². The maximum atomic E-state index is 11.3. The number of anilines is 2. The normalized spacial score (nSPS) is 15.2. The van der Waals surface area contributed by atoms with E-state index < -0.39 is 5.97 Å². The minimum absolute atomic E-state index is 0.156. The molecule has 0 aliphatic carbocycles. The second kappa shape index (κ2) is 8.92. The number of rotatable bonds is 6. The van der Waals surface area contributed by atoms with E-state index in [1.807, 2.05) is 30.6 Å². The average molecular weight is 415 g/mol. The fraction of sp³-hybridized carbons (Fsp3) is 0.200. The van der Waals surface area contributed by atoms with E-state index in [2.05, 4.69) is 46.4 Å². The summed E-state index contributed by atoms with van der Waals surface area (Å²) < 4.78 is 5.22. The molecular formula is C25H25N3O3. The molecule has 0 fully saturated rings. The van der Waals surface area contributed by atoms with Gasteiger partial charge in [0.25, 0.3) is 0 Å². The Morgan fingerprint density at radius 1 is 1.16 bits per heavy atom. The first-order chi connectivity index (χ1) is 15.0. The molecule has 0 amide bonds. The highest BCUT2D eigenvalue weighted by Crippen LogP contribution is 2.31. The number of carbonyl (C=O) groups is 1. The van der Waals surface area contributed by atoms with E-state index in [0.29, 0.717) is 18.2 Å². The molecular weight excluding hydrogens is 390 g/mol. The zero-order chi connectivity index (χ0) is 21.8. The van der Waals surface area contributed by atoms with Crippen LogP contribution in [-0.4, -0.2) is 31.1 Å². The molecule has 158 valence electrons. The summed E-state index contributed by atoms with van der Waals surface area (Å²) in [6.45, 7) is 3.62. The second-order valence-electron chi connectivity index (χ2n) is 7.60. The van der Waals surface area contributed by atoms with Crippen LogP contribution in [0.5, 0.6) is 5.75 Å². The molecule has 3 aromatic carbocycles. The third kappa shape index (κ3) is 4.53. The Labute approximate surface area is 181 Å². The van der Waals surface area contributed by atoms with Crippen molar-refractivity contribution in [1.29, 1.82) is 0 Å². The number of benzene rings is 3. The van der Waals surface area contributed by atoms with Gasteiger partial charge in [-0.25, -0.2) is 9.79 Å². The predicted octanol–water partition coefficient (Wildman–Crippen LogP) is 5.29. The second-order valence-corrected chi connectivity index (χ2v) is 7.60. The lowest BCUT2D eigenvalue weighted by molar-refractivity contribution is 0.0693. The smallest absolute Gasteiger partial charge is 0.339 e. The van der Waals surface area contributed by atoms with E-state index in [1.165, 1.54) is 12.7 Å². The standard InChI is InChI=1S/C25H25N3O3/c1-17-15-28(16-27-23-9-4-3-8-21(17)23)20-7-5-6-19(13-20)26-14-18-10-11-22(25(29)30)24(12-18)31-2/h3-13,16-17,26H,14-15H2,1-2H3,(H,29,30). The van der Waals surface area contributed by atoms with Crippen molar-refractivity contribution in [3.63, 3.8) is 0 Å². The van der Waals surface area contributed by atoms with Crippen molar-refractivity contribution >= 4 is 29.4 Å². The van der Waals surface area contributed by atoms with Crippen LogP contribution in [0.3, 0.4) is 0 Å². The van der Waals surface area contributed by atoms with E-state index in [0.717, 1.165) is 29.2 Å². The lowest BCUT2D eigenvalue weighted by Gasteiger charge is -2.22. The molecule has 1 heterocycles. The number of nitrogens with one attached hydrogen (secondary N) is 1. The molecule has 0 spiro atoms. The maximum absolute atomic E-state index is 11.3. The first-order valence-corrected chi connectivity index (χ1v) is 10.2. The summed E-state index contributed by atoms with van der Waals surface area (Å²) >= 11 is 0.